The molecule has 0 aliphatic carbocycles. The Hall–Kier alpha value is -1.10. The van der Waals surface area contributed by atoms with Crippen LogP contribution in [0.4, 0.5) is 0 Å². The van der Waals surface area contributed by atoms with E-state index in [-0.39, 0.29) is 24.3 Å². The molecule has 0 aromatic heterocycles. The molecule has 0 aliphatic heterocycles. The number of carbonyl (C=O) groups excluding carboxylic acids is 1. The van der Waals surface area contributed by atoms with Gasteiger partial charge in [-0.3, -0.25) is 9.59 Å². The van der Waals surface area contributed by atoms with Crippen LogP contribution in [0.2, 0.25) is 0 Å². The van der Waals surface area contributed by atoms with Crippen LogP contribution < -0.4 is 5.32 Å². The lowest BCUT2D eigenvalue weighted by atomic mass is 9.76. The maximum atomic E-state index is 12.0. The van der Waals surface area contributed by atoms with E-state index in [9.17, 15) is 14.7 Å². The third-order valence-corrected chi connectivity index (χ3v) is 3.66. The summed E-state index contributed by atoms with van der Waals surface area (Å²) >= 11 is 0. The van der Waals surface area contributed by atoms with E-state index in [0.29, 0.717) is 6.61 Å². The van der Waals surface area contributed by atoms with E-state index in [1.807, 2.05) is 20.8 Å². The Morgan fingerprint density at radius 3 is 2.32 bits per heavy atom. The SMILES string of the molecule is CCCC(COC)NC(=O)CC(C)(C(=O)O)C(C)C. The number of methoxy groups -OCH3 is 1. The summed E-state index contributed by atoms with van der Waals surface area (Å²) in [6.07, 6.45) is 1.75. The average Bonchev–Trinajstić information content (AvgIpc) is 2.28. The summed E-state index contributed by atoms with van der Waals surface area (Å²) in [7, 11) is 1.59. The number of rotatable bonds is 9. The summed E-state index contributed by atoms with van der Waals surface area (Å²) in [5.41, 5.74) is -1.03. The Labute approximate surface area is 115 Å². The minimum absolute atomic E-state index is 0.00999. The quantitative estimate of drug-likeness (QED) is 0.674. The zero-order valence-corrected chi connectivity index (χ0v) is 12.7. The zero-order valence-electron chi connectivity index (χ0n) is 12.7. The molecule has 5 nitrogen and oxygen atoms in total. The minimum atomic E-state index is -1.03. The molecule has 0 rings (SSSR count). The first kappa shape index (κ1) is 17.9. The van der Waals surface area contributed by atoms with E-state index in [0.717, 1.165) is 12.8 Å². The molecule has 5 heteroatoms. The van der Waals surface area contributed by atoms with Crippen LogP contribution in [-0.2, 0) is 14.3 Å². The van der Waals surface area contributed by atoms with Crippen molar-refractivity contribution in [3.8, 4) is 0 Å². The van der Waals surface area contributed by atoms with Crippen molar-refractivity contribution in [2.45, 2.75) is 53.0 Å². The molecule has 0 radical (unpaired) electrons. The fourth-order valence-electron chi connectivity index (χ4n) is 1.89. The molecule has 0 aliphatic rings. The van der Waals surface area contributed by atoms with E-state index in [4.69, 9.17) is 4.74 Å². The summed E-state index contributed by atoms with van der Waals surface area (Å²) in [6, 6.07) is -0.0484. The Morgan fingerprint density at radius 1 is 1.37 bits per heavy atom. The Kier molecular flexibility index (Phi) is 7.68. The molecule has 19 heavy (non-hydrogen) atoms. The largest absolute Gasteiger partial charge is 0.481 e. The van der Waals surface area contributed by atoms with Gasteiger partial charge in [-0.05, 0) is 19.3 Å². The average molecular weight is 273 g/mol. The Bertz CT molecular complexity index is 298. The van der Waals surface area contributed by atoms with E-state index in [2.05, 4.69) is 5.32 Å². The minimum Gasteiger partial charge on any atom is -0.481 e. The monoisotopic (exact) mass is 273 g/mol. The smallest absolute Gasteiger partial charge is 0.310 e. The number of aliphatic carboxylic acids is 1. The number of carbonyl (C=O) groups is 2. The third kappa shape index (κ3) is 5.59. The fraction of sp³-hybridized carbons (Fsp3) is 0.857. The molecule has 1 amide bonds. The molecule has 0 aromatic carbocycles. The number of hydrogen-bond donors (Lipinski definition) is 2. The molecule has 2 unspecified atom stereocenters. The molecule has 0 bridgehead atoms. The maximum absolute atomic E-state index is 12.0. The number of carboxylic acid groups (broad SMARTS) is 1. The van der Waals surface area contributed by atoms with Crippen molar-refractivity contribution in [3.05, 3.63) is 0 Å². The normalized spacial score (nSPS) is 15.9. The lowest BCUT2D eigenvalue weighted by molar-refractivity contribution is -0.153. The lowest BCUT2D eigenvalue weighted by Gasteiger charge is -2.29. The molecule has 2 atom stereocenters. The summed E-state index contributed by atoms with van der Waals surface area (Å²) in [5, 5.41) is 12.1. The van der Waals surface area contributed by atoms with E-state index in [1.165, 1.54) is 0 Å². The molecule has 0 fully saturated rings. The standard InChI is InChI=1S/C14H27NO4/c1-6-7-11(9-19-5)15-12(16)8-14(4,10(2)3)13(17)18/h10-11H,6-9H2,1-5H3,(H,15,16)(H,17,18). The van der Waals surface area contributed by atoms with Crippen molar-refractivity contribution in [1.29, 1.82) is 0 Å². The van der Waals surface area contributed by atoms with Gasteiger partial charge in [-0.15, -0.1) is 0 Å². The van der Waals surface area contributed by atoms with Gasteiger partial charge in [0.15, 0.2) is 0 Å². The number of carboxylic acids is 1. The molecule has 112 valence electrons. The van der Waals surface area contributed by atoms with Crippen LogP contribution in [0.5, 0.6) is 0 Å². The van der Waals surface area contributed by atoms with Gasteiger partial charge in [-0.1, -0.05) is 27.2 Å². The molecular formula is C14H27NO4. The summed E-state index contributed by atoms with van der Waals surface area (Å²) in [6.45, 7) is 7.74. The lowest BCUT2D eigenvalue weighted by Crippen LogP contribution is -2.43. The van der Waals surface area contributed by atoms with Crippen molar-refractivity contribution < 1.29 is 19.4 Å². The van der Waals surface area contributed by atoms with Crippen LogP contribution in [0.25, 0.3) is 0 Å². The molecule has 0 aromatic rings. The second kappa shape index (κ2) is 8.15. The molecular weight excluding hydrogens is 246 g/mol. The third-order valence-electron chi connectivity index (χ3n) is 3.66. The van der Waals surface area contributed by atoms with Crippen LogP contribution in [0.1, 0.15) is 47.0 Å². The maximum Gasteiger partial charge on any atom is 0.310 e. The highest BCUT2D eigenvalue weighted by Crippen LogP contribution is 2.31. The van der Waals surface area contributed by atoms with Crippen LogP contribution in [0.15, 0.2) is 0 Å². The van der Waals surface area contributed by atoms with Crippen LogP contribution in [0, 0.1) is 11.3 Å². The van der Waals surface area contributed by atoms with E-state index >= 15 is 0 Å². The Morgan fingerprint density at radius 2 is 1.95 bits per heavy atom. The van der Waals surface area contributed by atoms with Crippen LogP contribution >= 0.6 is 0 Å². The van der Waals surface area contributed by atoms with E-state index < -0.39 is 11.4 Å². The van der Waals surface area contributed by atoms with Crippen molar-refractivity contribution in [3.63, 3.8) is 0 Å². The molecule has 0 saturated carbocycles. The van der Waals surface area contributed by atoms with Gasteiger partial charge in [0, 0.05) is 13.5 Å². The summed E-state index contributed by atoms with van der Waals surface area (Å²) in [5.74, 6) is -1.27. The summed E-state index contributed by atoms with van der Waals surface area (Å²) in [4.78, 5) is 23.3. The molecule has 0 spiro atoms. The Balaban J connectivity index is 4.61. The highest BCUT2D eigenvalue weighted by Gasteiger charge is 2.39. The van der Waals surface area contributed by atoms with Crippen molar-refractivity contribution in [2.75, 3.05) is 13.7 Å². The first-order valence-electron chi connectivity index (χ1n) is 6.79. The topological polar surface area (TPSA) is 75.6 Å². The highest BCUT2D eigenvalue weighted by molar-refractivity contribution is 5.85. The van der Waals surface area contributed by atoms with Gasteiger partial charge in [0.25, 0.3) is 0 Å². The van der Waals surface area contributed by atoms with Crippen LogP contribution in [0.3, 0.4) is 0 Å². The highest BCUT2D eigenvalue weighted by atomic mass is 16.5. The van der Waals surface area contributed by atoms with Gasteiger partial charge in [0.05, 0.1) is 18.1 Å². The van der Waals surface area contributed by atoms with Crippen molar-refractivity contribution in [2.24, 2.45) is 11.3 Å². The van der Waals surface area contributed by atoms with Gasteiger partial charge >= 0.3 is 5.97 Å². The van der Waals surface area contributed by atoms with Gasteiger partial charge < -0.3 is 15.2 Å². The molecule has 0 heterocycles. The van der Waals surface area contributed by atoms with E-state index in [1.54, 1.807) is 14.0 Å². The van der Waals surface area contributed by atoms with Gasteiger partial charge in [0.2, 0.25) is 5.91 Å². The van der Waals surface area contributed by atoms with Gasteiger partial charge in [-0.25, -0.2) is 0 Å². The molecule has 2 N–H and O–H groups in total. The van der Waals surface area contributed by atoms with Crippen LogP contribution in [-0.4, -0.2) is 36.7 Å². The van der Waals surface area contributed by atoms with Gasteiger partial charge in [0.1, 0.15) is 0 Å². The predicted molar refractivity (Wildman–Crippen MR) is 73.9 cm³/mol. The number of nitrogens with one attached hydrogen (secondary N) is 1. The first-order chi connectivity index (χ1) is 8.77. The van der Waals surface area contributed by atoms with Crippen molar-refractivity contribution in [1.82, 2.24) is 5.32 Å². The molecule has 0 saturated heterocycles. The van der Waals surface area contributed by atoms with Crippen molar-refractivity contribution >= 4 is 11.9 Å². The number of hydrogen-bond acceptors (Lipinski definition) is 3. The predicted octanol–water partition coefficient (Wildman–Crippen LogP) is 2.05. The second-order valence-corrected chi connectivity index (χ2v) is 5.56. The zero-order chi connectivity index (χ0) is 15.1. The fourth-order valence-corrected chi connectivity index (χ4v) is 1.89. The first-order valence-corrected chi connectivity index (χ1v) is 6.79. The van der Waals surface area contributed by atoms with Gasteiger partial charge in [-0.2, -0.15) is 0 Å². The number of ether oxygens (including phenoxy) is 1. The number of amides is 1. The summed E-state index contributed by atoms with van der Waals surface area (Å²) < 4.78 is 5.05. The second-order valence-electron chi connectivity index (χ2n) is 5.56.